The van der Waals surface area contributed by atoms with E-state index in [1.165, 1.54) is 18.0 Å². The molecule has 0 fully saturated rings. The largest absolute Gasteiger partial charge is 0.452 e. The van der Waals surface area contributed by atoms with E-state index < -0.39 is 18.5 Å². The number of aromatic nitrogens is 1. The maximum atomic E-state index is 13.7. The molecule has 1 aromatic heterocycles. The van der Waals surface area contributed by atoms with Crippen LogP contribution in [0.25, 0.3) is 10.9 Å². The lowest BCUT2D eigenvalue weighted by atomic mass is 10.0. The summed E-state index contributed by atoms with van der Waals surface area (Å²) in [6.45, 7) is 3.25. The van der Waals surface area contributed by atoms with Gasteiger partial charge in [0.15, 0.2) is 6.61 Å². The van der Waals surface area contributed by atoms with E-state index in [1.807, 2.05) is 31.2 Å². The summed E-state index contributed by atoms with van der Waals surface area (Å²) < 4.78 is 19.0. The molecule has 2 aromatic carbocycles. The topological polar surface area (TPSA) is 59.5 Å². The molecule has 0 atom stereocenters. The quantitative estimate of drug-likeness (QED) is 0.632. The van der Waals surface area contributed by atoms with E-state index in [2.05, 4.69) is 4.98 Å². The Morgan fingerprint density at radius 2 is 1.75 bits per heavy atom. The molecule has 0 N–H and O–H groups in total. The maximum absolute atomic E-state index is 13.7. The highest BCUT2D eigenvalue weighted by Crippen LogP contribution is 2.23. The Morgan fingerprint density at radius 3 is 2.50 bits per heavy atom. The number of hydrogen-bond donors (Lipinski definition) is 0. The number of ether oxygens (including phenoxy) is 1. The van der Waals surface area contributed by atoms with Crippen molar-refractivity contribution < 1.29 is 18.7 Å². The monoisotopic (exact) mass is 380 g/mol. The Kier molecular flexibility index (Phi) is 5.68. The number of para-hydroxylation sites is 1. The van der Waals surface area contributed by atoms with E-state index in [0.717, 1.165) is 16.5 Å². The molecule has 144 valence electrons. The summed E-state index contributed by atoms with van der Waals surface area (Å²) in [6, 6.07) is 13.8. The molecule has 1 heterocycles. The Morgan fingerprint density at radius 1 is 1.07 bits per heavy atom. The van der Waals surface area contributed by atoms with Crippen LogP contribution >= 0.6 is 0 Å². The van der Waals surface area contributed by atoms with Gasteiger partial charge >= 0.3 is 5.97 Å². The summed E-state index contributed by atoms with van der Waals surface area (Å²) in [6.07, 6.45) is 0. The zero-order valence-corrected chi connectivity index (χ0v) is 16.0. The smallest absolute Gasteiger partial charge is 0.340 e. The lowest BCUT2D eigenvalue weighted by molar-refractivity contribution is -0.133. The second kappa shape index (κ2) is 8.17. The first-order valence-corrected chi connectivity index (χ1v) is 8.89. The van der Waals surface area contributed by atoms with Crippen molar-refractivity contribution >= 4 is 22.8 Å². The van der Waals surface area contributed by atoms with Crippen molar-refractivity contribution in [2.75, 3.05) is 13.7 Å². The molecule has 28 heavy (non-hydrogen) atoms. The average molecular weight is 380 g/mol. The standard InChI is InChI=1S/C22H21FN2O3/c1-14-17-9-5-7-11-19(17)24-15(2)21(14)22(27)28-13-20(26)25(3)12-16-8-4-6-10-18(16)23/h4-11H,12-13H2,1-3H3. The molecule has 0 bridgehead atoms. The summed E-state index contributed by atoms with van der Waals surface area (Å²) in [7, 11) is 1.54. The Hall–Kier alpha value is -3.28. The number of carbonyl (C=O) groups excluding carboxylic acids is 2. The second-order valence-corrected chi connectivity index (χ2v) is 6.63. The number of nitrogens with zero attached hydrogens (tertiary/aromatic N) is 2. The van der Waals surface area contributed by atoms with Gasteiger partial charge < -0.3 is 9.64 Å². The highest BCUT2D eigenvalue weighted by atomic mass is 19.1. The fourth-order valence-corrected chi connectivity index (χ4v) is 3.11. The molecule has 6 heteroatoms. The van der Waals surface area contributed by atoms with Gasteiger partial charge in [0.1, 0.15) is 5.82 Å². The minimum Gasteiger partial charge on any atom is -0.452 e. The molecule has 0 aliphatic heterocycles. The van der Waals surface area contributed by atoms with Crippen LogP contribution in [0.4, 0.5) is 4.39 Å². The van der Waals surface area contributed by atoms with Crippen LogP contribution in [0.3, 0.4) is 0 Å². The lowest BCUT2D eigenvalue weighted by Gasteiger charge is -2.18. The van der Waals surface area contributed by atoms with E-state index in [-0.39, 0.29) is 12.4 Å². The Bertz CT molecular complexity index is 1050. The molecule has 3 rings (SSSR count). The van der Waals surface area contributed by atoms with Crippen LogP contribution < -0.4 is 0 Å². The van der Waals surface area contributed by atoms with Crippen molar-refractivity contribution in [3.63, 3.8) is 0 Å². The van der Waals surface area contributed by atoms with E-state index in [1.54, 1.807) is 25.1 Å². The minimum atomic E-state index is -0.596. The molecular weight excluding hydrogens is 359 g/mol. The number of halogens is 1. The van der Waals surface area contributed by atoms with Crippen molar-refractivity contribution in [3.8, 4) is 0 Å². The number of esters is 1. The van der Waals surface area contributed by atoms with Crippen molar-refractivity contribution in [3.05, 3.63) is 76.7 Å². The number of fused-ring (bicyclic) bond motifs is 1. The third kappa shape index (κ3) is 4.01. The summed E-state index contributed by atoms with van der Waals surface area (Å²) in [5.74, 6) is -1.39. The van der Waals surface area contributed by atoms with Gasteiger partial charge in [0.2, 0.25) is 0 Å². The number of amides is 1. The van der Waals surface area contributed by atoms with Crippen LogP contribution in [-0.2, 0) is 16.1 Å². The summed E-state index contributed by atoms with van der Waals surface area (Å²) in [5.41, 5.74) is 2.88. The number of carbonyl (C=O) groups is 2. The Labute approximate surface area is 162 Å². The third-order valence-electron chi connectivity index (χ3n) is 4.65. The SMILES string of the molecule is Cc1nc2ccccc2c(C)c1C(=O)OCC(=O)N(C)Cc1ccccc1F. The molecule has 0 spiro atoms. The molecule has 0 saturated carbocycles. The highest BCUT2D eigenvalue weighted by Gasteiger charge is 2.20. The first kappa shape index (κ1) is 19.5. The van der Waals surface area contributed by atoms with Gasteiger partial charge in [-0.25, -0.2) is 9.18 Å². The minimum absolute atomic E-state index is 0.0959. The highest BCUT2D eigenvalue weighted by molar-refractivity contribution is 5.99. The molecule has 5 nitrogen and oxygen atoms in total. The fourth-order valence-electron chi connectivity index (χ4n) is 3.11. The molecule has 1 amide bonds. The van der Waals surface area contributed by atoms with Crippen LogP contribution in [0, 0.1) is 19.7 Å². The van der Waals surface area contributed by atoms with E-state index in [4.69, 9.17) is 4.74 Å². The van der Waals surface area contributed by atoms with E-state index >= 15 is 0 Å². The van der Waals surface area contributed by atoms with Crippen molar-refractivity contribution in [2.24, 2.45) is 0 Å². The second-order valence-electron chi connectivity index (χ2n) is 6.63. The lowest BCUT2D eigenvalue weighted by Crippen LogP contribution is -2.31. The van der Waals surface area contributed by atoms with Crippen LogP contribution in [0.2, 0.25) is 0 Å². The van der Waals surface area contributed by atoms with Crippen LogP contribution in [0.15, 0.2) is 48.5 Å². The Balaban J connectivity index is 1.69. The van der Waals surface area contributed by atoms with Gasteiger partial charge in [-0.3, -0.25) is 9.78 Å². The first-order valence-electron chi connectivity index (χ1n) is 8.89. The zero-order chi connectivity index (χ0) is 20.3. The zero-order valence-electron chi connectivity index (χ0n) is 16.0. The summed E-state index contributed by atoms with van der Waals surface area (Å²) >= 11 is 0. The number of benzene rings is 2. The van der Waals surface area contributed by atoms with Crippen molar-refractivity contribution in [2.45, 2.75) is 20.4 Å². The van der Waals surface area contributed by atoms with Crippen LogP contribution in [-0.4, -0.2) is 35.4 Å². The predicted octanol–water partition coefficient (Wildman–Crippen LogP) is 3.81. The molecule has 0 saturated heterocycles. The van der Waals surface area contributed by atoms with Gasteiger partial charge in [-0.1, -0.05) is 36.4 Å². The number of hydrogen-bond acceptors (Lipinski definition) is 4. The van der Waals surface area contributed by atoms with Gasteiger partial charge in [0, 0.05) is 24.5 Å². The molecule has 0 aliphatic rings. The van der Waals surface area contributed by atoms with Crippen LogP contribution in [0.5, 0.6) is 0 Å². The molecule has 0 aliphatic carbocycles. The van der Waals surface area contributed by atoms with Gasteiger partial charge in [-0.05, 0) is 31.5 Å². The number of rotatable bonds is 5. The third-order valence-corrected chi connectivity index (χ3v) is 4.65. The number of likely N-dealkylation sites (N-methyl/N-ethyl adjacent to an activating group) is 1. The number of aryl methyl sites for hydroxylation is 2. The maximum Gasteiger partial charge on any atom is 0.340 e. The van der Waals surface area contributed by atoms with Crippen molar-refractivity contribution in [1.82, 2.24) is 9.88 Å². The van der Waals surface area contributed by atoms with E-state index in [9.17, 15) is 14.0 Å². The van der Waals surface area contributed by atoms with Gasteiger partial charge in [0.25, 0.3) is 5.91 Å². The fraction of sp³-hybridized carbons (Fsp3) is 0.227. The average Bonchev–Trinajstić information content (AvgIpc) is 2.67. The van der Waals surface area contributed by atoms with Gasteiger partial charge in [-0.2, -0.15) is 0 Å². The predicted molar refractivity (Wildman–Crippen MR) is 104 cm³/mol. The normalized spacial score (nSPS) is 10.7. The van der Waals surface area contributed by atoms with Gasteiger partial charge in [0.05, 0.1) is 16.8 Å². The first-order chi connectivity index (χ1) is 13.4. The number of pyridine rings is 1. The summed E-state index contributed by atoms with van der Waals surface area (Å²) in [4.78, 5) is 30.6. The van der Waals surface area contributed by atoms with Gasteiger partial charge in [-0.15, -0.1) is 0 Å². The van der Waals surface area contributed by atoms with Crippen LogP contribution in [0.1, 0.15) is 27.2 Å². The molecule has 3 aromatic rings. The molecule has 0 radical (unpaired) electrons. The molecule has 0 unspecified atom stereocenters. The van der Waals surface area contributed by atoms with E-state index in [0.29, 0.717) is 16.8 Å². The summed E-state index contributed by atoms with van der Waals surface area (Å²) in [5, 5.41) is 0.864. The van der Waals surface area contributed by atoms with Crippen molar-refractivity contribution in [1.29, 1.82) is 0 Å². The molecular formula is C22H21FN2O3.